The van der Waals surface area contributed by atoms with E-state index in [0.717, 1.165) is 12.1 Å². The number of hydrogen-bond acceptors (Lipinski definition) is 3. The van der Waals surface area contributed by atoms with Gasteiger partial charge >= 0.3 is 0 Å². The van der Waals surface area contributed by atoms with E-state index in [0.29, 0.717) is 18.1 Å². The van der Waals surface area contributed by atoms with Crippen molar-refractivity contribution >= 4 is 11.5 Å². The summed E-state index contributed by atoms with van der Waals surface area (Å²) in [6.07, 6.45) is 1.70. The van der Waals surface area contributed by atoms with Crippen LogP contribution >= 0.6 is 0 Å². The van der Waals surface area contributed by atoms with Crippen molar-refractivity contribution in [2.24, 2.45) is 17.0 Å². The third-order valence-electron chi connectivity index (χ3n) is 2.69. The van der Waals surface area contributed by atoms with E-state index in [4.69, 9.17) is 4.84 Å². The molecule has 1 heterocycles. The molecule has 0 radical (unpaired) electrons. The van der Waals surface area contributed by atoms with Gasteiger partial charge in [-0.3, -0.25) is 4.79 Å². The topological polar surface area (TPSA) is 38.7 Å². The molecule has 0 aromatic heterocycles. The van der Waals surface area contributed by atoms with Gasteiger partial charge in [0.1, 0.15) is 11.9 Å². The van der Waals surface area contributed by atoms with E-state index in [1.54, 1.807) is 0 Å². The van der Waals surface area contributed by atoms with Gasteiger partial charge in [0.2, 0.25) is 0 Å². The Morgan fingerprint density at radius 1 is 1.58 bits per heavy atom. The Balaban J connectivity index is 2.19. The van der Waals surface area contributed by atoms with Gasteiger partial charge in [0.25, 0.3) is 0 Å². The summed E-state index contributed by atoms with van der Waals surface area (Å²) in [5.74, 6) is 0.735. The maximum Gasteiger partial charge on any atom is 0.145 e. The molecule has 12 heavy (non-hydrogen) atoms. The predicted molar refractivity (Wildman–Crippen MR) is 44.9 cm³/mol. The van der Waals surface area contributed by atoms with Gasteiger partial charge in [-0.05, 0) is 19.3 Å². The Morgan fingerprint density at radius 2 is 2.33 bits per heavy atom. The summed E-state index contributed by atoms with van der Waals surface area (Å²) in [6, 6.07) is 0. The Bertz CT molecular complexity index is 247. The minimum Gasteiger partial charge on any atom is -0.391 e. The molecule has 0 spiro atoms. The van der Waals surface area contributed by atoms with Crippen LogP contribution in [0.15, 0.2) is 5.16 Å². The normalized spacial score (nSPS) is 40.3. The minimum atomic E-state index is -0.0267. The fraction of sp³-hybridized carbons (Fsp3) is 0.778. The number of rotatable bonds is 0. The molecule has 2 aliphatic rings. The number of carbonyl (C=O) groups excluding carboxylic acids is 1. The van der Waals surface area contributed by atoms with Crippen LogP contribution in [0.25, 0.3) is 0 Å². The largest absolute Gasteiger partial charge is 0.391 e. The van der Waals surface area contributed by atoms with Gasteiger partial charge in [-0.1, -0.05) is 12.1 Å². The number of Topliss-reactive ketones (excluding diaryl/α,β-unsaturated/α-hetero) is 1. The number of carbonyl (C=O) groups is 1. The summed E-state index contributed by atoms with van der Waals surface area (Å²) < 4.78 is 0. The highest BCUT2D eigenvalue weighted by molar-refractivity contribution is 6.05. The summed E-state index contributed by atoms with van der Waals surface area (Å²) >= 11 is 0. The SMILES string of the molecule is CC1=NOC2CC(C)CC(=O)C12. The zero-order chi connectivity index (χ0) is 8.72. The molecule has 3 unspecified atom stereocenters. The van der Waals surface area contributed by atoms with Crippen LogP contribution in [-0.4, -0.2) is 17.6 Å². The first kappa shape index (κ1) is 7.77. The van der Waals surface area contributed by atoms with Crippen molar-refractivity contribution in [2.75, 3.05) is 0 Å². The van der Waals surface area contributed by atoms with Crippen molar-refractivity contribution in [3.8, 4) is 0 Å². The number of oxime groups is 1. The van der Waals surface area contributed by atoms with Crippen LogP contribution in [0.5, 0.6) is 0 Å². The Kier molecular flexibility index (Phi) is 1.67. The first-order valence-electron chi connectivity index (χ1n) is 4.41. The van der Waals surface area contributed by atoms with Gasteiger partial charge in [0, 0.05) is 6.42 Å². The second-order valence-corrected chi connectivity index (χ2v) is 3.87. The van der Waals surface area contributed by atoms with Crippen LogP contribution < -0.4 is 0 Å². The first-order chi connectivity index (χ1) is 5.68. The summed E-state index contributed by atoms with van der Waals surface area (Å²) in [7, 11) is 0. The van der Waals surface area contributed by atoms with Crippen molar-refractivity contribution in [1.29, 1.82) is 0 Å². The first-order valence-corrected chi connectivity index (χ1v) is 4.41. The molecular formula is C9H13NO2. The van der Waals surface area contributed by atoms with Crippen LogP contribution in [0, 0.1) is 11.8 Å². The quantitative estimate of drug-likeness (QED) is 0.546. The average molecular weight is 167 g/mol. The third kappa shape index (κ3) is 1.04. The second-order valence-electron chi connectivity index (χ2n) is 3.87. The molecule has 3 heteroatoms. The standard InChI is InChI=1S/C9H13NO2/c1-5-3-7(11)9-6(2)10-12-8(9)4-5/h5,8-9H,3-4H2,1-2H3. The lowest BCUT2D eigenvalue weighted by atomic mass is 9.78. The smallest absolute Gasteiger partial charge is 0.145 e. The van der Waals surface area contributed by atoms with Crippen molar-refractivity contribution in [2.45, 2.75) is 32.8 Å². The maximum atomic E-state index is 11.5. The number of hydrogen-bond donors (Lipinski definition) is 0. The monoisotopic (exact) mass is 167 g/mol. The average Bonchev–Trinajstić information content (AvgIpc) is 2.31. The molecule has 1 aliphatic carbocycles. The molecule has 3 atom stereocenters. The number of nitrogens with zero attached hydrogens (tertiary/aromatic N) is 1. The van der Waals surface area contributed by atoms with E-state index in [1.807, 2.05) is 6.92 Å². The van der Waals surface area contributed by atoms with Gasteiger partial charge in [0.05, 0.1) is 11.6 Å². The molecular weight excluding hydrogens is 154 g/mol. The molecule has 0 saturated heterocycles. The number of ketones is 1. The molecule has 0 aromatic carbocycles. The molecule has 66 valence electrons. The molecule has 0 aromatic rings. The van der Waals surface area contributed by atoms with Gasteiger partial charge in [-0.2, -0.15) is 0 Å². The van der Waals surface area contributed by atoms with E-state index in [1.165, 1.54) is 0 Å². The molecule has 0 N–H and O–H groups in total. The molecule has 1 fully saturated rings. The third-order valence-corrected chi connectivity index (χ3v) is 2.69. The van der Waals surface area contributed by atoms with Crippen molar-refractivity contribution < 1.29 is 9.63 Å². The highest BCUT2D eigenvalue weighted by Crippen LogP contribution is 2.32. The molecule has 0 amide bonds. The summed E-state index contributed by atoms with van der Waals surface area (Å²) in [6.45, 7) is 3.96. The lowest BCUT2D eigenvalue weighted by Crippen LogP contribution is -2.37. The fourth-order valence-electron chi connectivity index (χ4n) is 2.11. The highest BCUT2D eigenvalue weighted by Gasteiger charge is 2.42. The van der Waals surface area contributed by atoms with Crippen molar-refractivity contribution in [3.63, 3.8) is 0 Å². The van der Waals surface area contributed by atoms with E-state index < -0.39 is 0 Å². The molecule has 0 bridgehead atoms. The molecule has 1 saturated carbocycles. The van der Waals surface area contributed by atoms with Gasteiger partial charge in [0.15, 0.2) is 0 Å². The Morgan fingerprint density at radius 3 is 3.08 bits per heavy atom. The maximum absolute atomic E-state index is 11.5. The Labute approximate surface area is 71.8 Å². The summed E-state index contributed by atoms with van der Waals surface area (Å²) in [5.41, 5.74) is 0.858. The van der Waals surface area contributed by atoms with Crippen molar-refractivity contribution in [3.05, 3.63) is 0 Å². The van der Waals surface area contributed by atoms with Crippen LogP contribution in [0.4, 0.5) is 0 Å². The number of fused-ring (bicyclic) bond motifs is 1. The Hall–Kier alpha value is -0.860. The van der Waals surface area contributed by atoms with Gasteiger partial charge < -0.3 is 4.84 Å². The zero-order valence-corrected chi connectivity index (χ0v) is 7.41. The van der Waals surface area contributed by atoms with Crippen molar-refractivity contribution in [1.82, 2.24) is 0 Å². The van der Waals surface area contributed by atoms with Crippen LogP contribution in [0.1, 0.15) is 26.7 Å². The van der Waals surface area contributed by atoms with Gasteiger partial charge in [-0.15, -0.1) is 0 Å². The highest BCUT2D eigenvalue weighted by atomic mass is 16.6. The molecule has 1 aliphatic heterocycles. The fourth-order valence-corrected chi connectivity index (χ4v) is 2.11. The van der Waals surface area contributed by atoms with Crippen LogP contribution in [0.3, 0.4) is 0 Å². The summed E-state index contributed by atoms with van der Waals surface area (Å²) in [4.78, 5) is 16.7. The minimum absolute atomic E-state index is 0.0267. The molecule has 3 nitrogen and oxygen atoms in total. The van der Waals surface area contributed by atoms with E-state index in [2.05, 4.69) is 12.1 Å². The van der Waals surface area contributed by atoms with E-state index in [-0.39, 0.29) is 12.0 Å². The summed E-state index contributed by atoms with van der Waals surface area (Å²) in [5, 5.41) is 3.86. The van der Waals surface area contributed by atoms with Gasteiger partial charge in [-0.25, -0.2) is 0 Å². The second kappa shape index (κ2) is 2.57. The van der Waals surface area contributed by atoms with E-state index in [9.17, 15) is 4.79 Å². The predicted octanol–water partition coefficient (Wildman–Crippen LogP) is 1.38. The van der Waals surface area contributed by atoms with Crippen LogP contribution in [0.2, 0.25) is 0 Å². The lowest BCUT2D eigenvalue weighted by Gasteiger charge is -2.26. The molecule has 2 rings (SSSR count). The van der Waals surface area contributed by atoms with E-state index >= 15 is 0 Å². The lowest BCUT2D eigenvalue weighted by molar-refractivity contribution is -0.128. The zero-order valence-electron chi connectivity index (χ0n) is 7.41. The van der Waals surface area contributed by atoms with Crippen LogP contribution in [-0.2, 0) is 9.63 Å².